The molecule has 348 valence electrons. The zero-order valence-corrected chi connectivity index (χ0v) is 41.5. The molecule has 0 radical (unpaired) electrons. The van der Waals surface area contributed by atoms with Crippen molar-refractivity contribution >= 4 is 0 Å². The van der Waals surface area contributed by atoms with E-state index in [1.807, 2.05) is 0 Å². The van der Waals surface area contributed by atoms with Gasteiger partial charge in [0.1, 0.15) is 0 Å². The summed E-state index contributed by atoms with van der Waals surface area (Å²) >= 11 is 0. The molecule has 1 rings (SSSR count). The summed E-state index contributed by atoms with van der Waals surface area (Å²) < 4.78 is 0. The van der Waals surface area contributed by atoms with Gasteiger partial charge in [0.15, 0.2) is 0 Å². The molecule has 2 atom stereocenters. The third kappa shape index (κ3) is 29.3. The van der Waals surface area contributed by atoms with Crippen molar-refractivity contribution < 1.29 is 5.11 Å². The van der Waals surface area contributed by atoms with Crippen molar-refractivity contribution in [3.63, 3.8) is 0 Å². The van der Waals surface area contributed by atoms with Crippen LogP contribution in [-0.2, 0) is 0 Å². The molecular formula is C57H114O. The zero-order chi connectivity index (χ0) is 42.0. The fourth-order valence-corrected chi connectivity index (χ4v) is 11.6. The zero-order valence-electron chi connectivity index (χ0n) is 41.5. The minimum absolute atomic E-state index is 0.224. The summed E-state index contributed by atoms with van der Waals surface area (Å²) in [6.07, 6.45) is 66.1. The molecule has 0 aromatic carbocycles. The highest BCUT2D eigenvalue weighted by molar-refractivity contribution is 4.96. The van der Waals surface area contributed by atoms with Crippen LogP contribution < -0.4 is 0 Å². The number of hydrogen-bond donors (Lipinski definition) is 1. The molecule has 1 nitrogen and oxygen atoms in total. The maximum Gasteiger partial charge on any atom is 0.0487 e. The van der Waals surface area contributed by atoms with Crippen LogP contribution in [0.5, 0.6) is 0 Å². The van der Waals surface area contributed by atoms with Gasteiger partial charge in [-0.25, -0.2) is 0 Å². The Balaban J connectivity index is 2.44. The molecule has 1 N–H and O–H groups in total. The summed E-state index contributed by atoms with van der Waals surface area (Å²) in [5.41, 5.74) is 0.224. The van der Waals surface area contributed by atoms with Crippen molar-refractivity contribution in [3.8, 4) is 0 Å². The van der Waals surface area contributed by atoms with Crippen LogP contribution in [0.1, 0.15) is 330 Å². The van der Waals surface area contributed by atoms with Crippen LogP contribution in [0.3, 0.4) is 0 Å². The Morgan fingerprint density at radius 1 is 0.241 bits per heavy atom. The highest BCUT2D eigenvalue weighted by atomic mass is 16.3. The molecule has 0 aromatic rings. The van der Waals surface area contributed by atoms with Crippen molar-refractivity contribution in [1.82, 2.24) is 0 Å². The Labute approximate surface area is 369 Å². The smallest absolute Gasteiger partial charge is 0.0487 e. The lowest BCUT2D eigenvalue weighted by atomic mass is 9.51. The second kappa shape index (κ2) is 42.3. The predicted molar refractivity (Wildman–Crippen MR) is 264 cm³/mol. The molecule has 0 amide bonds. The molecule has 0 bridgehead atoms. The third-order valence-electron chi connectivity index (χ3n) is 15.6. The summed E-state index contributed by atoms with van der Waals surface area (Å²) in [6.45, 7) is 12.1. The highest BCUT2D eigenvalue weighted by Gasteiger charge is 2.47. The number of rotatable bonds is 48. The molecule has 0 aliphatic heterocycles. The van der Waals surface area contributed by atoms with Gasteiger partial charge in [0, 0.05) is 6.61 Å². The molecule has 0 spiro atoms. The van der Waals surface area contributed by atoms with Crippen molar-refractivity contribution in [2.75, 3.05) is 6.61 Å². The van der Waals surface area contributed by atoms with Gasteiger partial charge in [0.2, 0.25) is 0 Å². The van der Waals surface area contributed by atoms with E-state index in [1.165, 1.54) is 270 Å². The Kier molecular flexibility index (Phi) is 40.8. The van der Waals surface area contributed by atoms with Crippen LogP contribution in [0, 0.1) is 29.1 Å². The molecule has 1 aliphatic rings. The van der Waals surface area contributed by atoms with Gasteiger partial charge in [-0.15, -0.1) is 0 Å². The van der Waals surface area contributed by atoms with Crippen molar-refractivity contribution in [2.45, 2.75) is 330 Å². The van der Waals surface area contributed by atoms with E-state index < -0.39 is 0 Å². The lowest BCUT2D eigenvalue weighted by Gasteiger charge is -2.54. The van der Waals surface area contributed by atoms with E-state index >= 15 is 0 Å². The largest absolute Gasteiger partial charge is 0.396 e. The van der Waals surface area contributed by atoms with Crippen LogP contribution in [-0.4, -0.2) is 11.7 Å². The minimum atomic E-state index is 0.224. The number of hydrogen-bond acceptors (Lipinski definition) is 1. The topological polar surface area (TPSA) is 20.2 Å². The van der Waals surface area contributed by atoms with Crippen LogP contribution in [0.25, 0.3) is 0 Å². The average molecular weight is 816 g/mol. The van der Waals surface area contributed by atoms with Crippen molar-refractivity contribution in [2.24, 2.45) is 29.1 Å². The summed E-state index contributed by atoms with van der Waals surface area (Å²) in [5, 5.41) is 10.4. The molecule has 2 unspecified atom stereocenters. The molecule has 1 aliphatic carbocycles. The van der Waals surface area contributed by atoms with Gasteiger partial charge in [-0.3, -0.25) is 0 Å². The van der Waals surface area contributed by atoms with E-state index in [-0.39, 0.29) is 5.41 Å². The van der Waals surface area contributed by atoms with Gasteiger partial charge < -0.3 is 5.11 Å². The average Bonchev–Trinajstić information content (AvgIpc) is 3.23. The lowest BCUT2D eigenvalue weighted by Crippen LogP contribution is -2.46. The first kappa shape index (κ1) is 56.0. The molecule has 0 aromatic heterocycles. The SMILES string of the molecule is CCCCCCCCCC1C(CCCCCCCCC)C(CCCCCCCCCCCCCCC(CO)(CCCCC)CCCCC)C1CCCCCCCCC. The summed E-state index contributed by atoms with van der Waals surface area (Å²) in [5.74, 6) is 4.27. The standard InChI is InChI=1S/C57H114O/c1-6-11-16-19-28-33-38-45-53-54(46-39-34-29-20-17-12-7-2)56(55(53)47-40-35-30-21-18-13-8-3)48-41-36-31-26-24-22-23-25-27-32-37-44-51-57(52-58,49-42-14-9-4)50-43-15-10-5/h53-56,58H,6-52H2,1-5H3. The first-order valence-corrected chi connectivity index (χ1v) is 28.2. The lowest BCUT2D eigenvalue weighted by molar-refractivity contribution is -0.0486. The summed E-state index contributed by atoms with van der Waals surface area (Å²) in [6, 6.07) is 0. The highest BCUT2D eigenvalue weighted by Crippen LogP contribution is 2.55. The predicted octanol–water partition coefficient (Wildman–Crippen LogP) is 20.5. The maximum atomic E-state index is 10.4. The van der Waals surface area contributed by atoms with Gasteiger partial charge in [0.05, 0.1) is 0 Å². The van der Waals surface area contributed by atoms with Crippen molar-refractivity contribution in [3.05, 3.63) is 0 Å². The normalized spacial score (nSPS) is 18.3. The van der Waals surface area contributed by atoms with Crippen LogP contribution in [0.15, 0.2) is 0 Å². The van der Waals surface area contributed by atoms with Crippen LogP contribution in [0.2, 0.25) is 0 Å². The van der Waals surface area contributed by atoms with Crippen LogP contribution in [0.4, 0.5) is 0 Å². The minimum Gasteiger partial charge on any atom is -0.396 e. The molecule has 1 saturated carbocycles. The van der Waals surface area contributed by atoms with Gasteiger partial charge in [-0.1, -0.05) is 285 Å². The first-order valence-electron chi connectivity index (χ1n) is 28.2. The van der Waals surface area contributed by atoms with Gasteiger partial charge in [-0.05, 0) is 74.0 Å². The van der Waals surface area contributed by atoms with E-state index in [0.717, 1.165) is 23.7 Å². The fourth-order valence-electron chi connectivity index (χ4n) is 11.6. The Hall–Kier alpha value is -0.0400. The number of aliphatic hydroxyl groups is 1. The summed E-state index contributed by atoms with van der Waals surface area (Å²) in [7, 11) is 0. The third-order valence-corrected chi connectivity index (χ3v) is 15.6. The molecular weight excluding hydrogens is 701 g/mol. The molecule has 58 heavy (non-hydrogen) atoms. The van der Waals surface area contributed by atoms with E-state index in [9.17, 15) is 5.11 Å². The maximum absolute atomic E-state index is 10.4. The number of unbranched alkanes of at least 4 members (excludes halogenated alkanes) is 33. The first-order chi connectivity index (χ1) is 28.6. The Bertz CT molecular complexity index is 752. The molecule has 1 fully saturated rings. The van der Waals surface area contributed by atoms with E-state index in [1.54, 1.807) is 25.7 Å². The van der Waals surface area contributed by atoms with Crippen molar-refractivity contribution in [1.29, 1.82) is 0 Å². The van der Waals surface area contributed by atoms with E-state index in [4.69, 9.17) is 0 Å². The molecule has 0 heterocycles. The van der Waals surface area contributed by atoms with Crippen LogP contribution >= 0.6 is 0 Å². The quantitative estimate of drug-likeness (QED) is 0.0607. The second-order valence-electron chi connectivity index (χ2n) is 20.7. The fraction of sp³-hybridized carbons (Fsp3) is 1.00. The van der Waals surface area contributed by atoms with E-state index in [0.29, 0.717) is 6.61 Å². The van der Waals surface area contributed by atoms with E-state index in [2.05, 4.69) is 34.6 Å². The second-order valence-corrected chi connectivity index (χ2v) is 20.7. The van der Waals surface area contributed by atoms with Gasteiger partial charge in [0.25, 0.3) is 0 Å². The van der Waals surface area contributed by atoms with Gasteiger partial charge in [-0.2, -0.15) is 0 Å². The Morgan fingerprint density at radius 2 is 0.414 bits per heavy atom. The number of aliphatic hydroxyl groups excluding tert-OH is 1. The molecule has 0 saturated heterocycles. The Morgan fingerprint density at radius 3 is 0.638 bits per heavy atom. The van der Waals surface area contributed by atoms with Gasteiger partial charge >= 0.3 is 0 Å². The monoisotopic (exact) mass is 815 g/mol. The summed E-state index contributed by atoms with van der Waals surface area (Å²) in [4.78, 5) is 0. The molecule has 1 heteroatoms.